The lowest BCUT2D eigenvalue weighted by atomic mass is 9.78. The van der Waals surface area contributed by atoms with E-state index in [2.05, 4.69) is 10.6 Å². The first-order valence-corrected chi connectivity index (χ1v) is 8.90. The normalized spacial score (nSPS) is 28.1. The Morgan fingerprint density at radius 2 is 1.86 bits per heavy atom. The average Bonchev–Trinajstić information content (AvgIpc) is 3.16. The van der Waals surface area contributed by atoms with Crippen molar-refractivity contribution in [3.63, 3.8) is 0 Å². The van der Waals surface area contributed by atoms with Gasteiger partial charge >= 0.3 is 5.97 Å². The fraction of sp³-hybridized carbons (Fsp3) is 0.300. The molecule has 1 fully saturated rings. The molecule has 1 saturated heterocycles. The maximum absolute atomic E-state index is 12.9. The van der Waals surface area contributed by atoms with Crippen molar-refractivity contribution in [2.45, 2.75) is 30.5 Å². The van der Waals surface area contributed by atoms with Gasteiger partial charge in [-0.05, 0) is 30.7 Å². The molecule has 2 aromatic rings. The van der Waals surface area contributed by atoms with Crippen LogP contribution in [0, 0.1) is 10.1 Å². The molecule has 2 aromatic carbocycles. The molecule has 0 aromatic heterocycles. The highest BCUT2D eigenvalue weighted by Crippen LogP contribution is 2.49. The molecule has 2 N–H and O–H groups in total. The first-order valence-electron chi connectivity index (χ1n) is 8.90. The van der Waals surface area contributed by atoms with Crippen molar-refractivity contribution in [1.29, 1.82) is 0 Å². The number of benzene rings is 2. The summed E-state index contributed by atoms with van der Waals surface area (Å²) in [4.78, 5) is 36.4. The Hall–Kier alpha value is -3.26. The Morgan fingerprint density at radius 3 is 2.50 bits per heavy atom. The molecule has 0 unspecified atom stereocenters. The minimum Gasteiger partial charge on any atom is -0.465 e. The topological polar surface area (TPSA) is 111 Å². The second kappa shape index (κ2) is 6.42. The summed E-state index contributed by atoms with van der Waals surface area (Å²) in [6, 6.07) is 12.0. The molecular weight excluding hydrogens is 362 g/mol. The molecule has 0 radical (unpaired) electrons. The Balaban J connectivity index is 1.81. The van der Waals surface area contributed by atoms with E-state index in [4.69, 9.17) is 4.74 Å². The Kier molecular flexibility index (Phi) is 4.15. The molecule has 2 aliphatic rings. The Bertz CT molecular complexity index is 974. The number of carbonyl (C=O) groups excluding carboxylic acids is 2. The molecule has 0 bridgehead atoms. The number of esters is 1. The number of methoxy groups -OCH3 is 1. The van der Waals surface area contributed by atoms with E-state index in [9.17, 15) is 19.7 Å². The lowest BCUT2D eigenvalue weighted by molar-refractivity contribution is -0.532. The molecule has 4 atom stereocenters. The fourth-order valence-electron chi connectivity index (χ4n) is 4.51. The van der Waals surface area contributed by atoms with Crippen molar-refractivity contribution in [1.82, 2.24) is 5.32 Å². The van der Waals surface area contributed by atoms with Gasteiger partial charge in [-0.3, -0.25) is 20.2 Å². The zero-order valence-electron chi connectivity index (χ0n) is 15.3. The number of nitrogens with one attached hydrogen (secondary N) is 2. The fourth-order valence-corrected chi connectivity index (χ4v) is 4.51. The van der Waals surface area contributed by atoms with E-state index >= 15 is 0 Å². The minimum absolute atomic E-state index is 0.337. The second-order valence-electron chi connectivity index (χ2n) is 7.11. The molecule has 1 amide bonds. The van der Waals surface area contributed by atoms with Gasteiger partial charge in [0, 0.05) is 22.2 Å². The van der Waals surface area contributed by atoms with Crippen LogP contribution in [0.3, 0.4) is 0 Å². The standard InChI is InChI=1S/C20H19N3O5/c1-11-16(12-7-9-13(10-8-12)18(24)28-2)17(23(26)27)20(22-11)14-5-3-4-6-15(14)21-19(20)25/h3-11,16-17,22H,1-2H3,(H,21,25)/t11-,16-,17-,20-/m0/s1. The van der Waals surface area contributed by atoms with Gasteiger partial charge < -0.3 is 10.1 Å². The van der Waals surface area contributed by atoms with E-state index < -0.39 is 29.4 Å². The third-order valence-corrected chi connectivity index (χ3v) is 5.68. The number of hydrogen-bond donors (Lipinski definition) is 2. The van der Waals surface area contributed by atoms with Crippen LogP contribution < -0.4 is 10.6 Å². The van der Waals surface area contributed by atoms with Crippen LogP contribution in [0.1, 0.15) is 34.3 Å². The summed E-state index contributed by atoms with van der Waals surface area (Å²) < 4.78 is 4.70. The van der Waals surface area contributed by atoms with Crippen LogP contribution in [0.5, 0.6) is 0 Å². The number of ether oxygens (including phenoxy) is 1. The SMILES string of the molecule is COC(=O)c1ccc([C@@H]2[C@H](C)N[C@]3(C(=O)Nc4ccccc43)[C@H]2[N+](=O)[O-])cc1. The average molecular weight is 381 g/mol. The van der Waals surface area contributed by atoms with E-state index in [1.165, 1.54) is 7.11 Å². The maximum Gasteiger partial charge on any atom is 0.337 e. The van der Waals surface area contributed by atoms with Crippen molar-refractivity contribution in [3.8, 4) is 0 Å². The number of fused-ring (bicyclic) bond motifs is 2. The van der Waals surface area contributed by atoms with Crippen LogP contribution in [0.2, 0.25) is 0 Å². The van der Waals surface area contributed by atoms with Crippen LogP contribution in [0.25, 0.3) is 0 Å². The van der Waals surface area contributed by atoms with Gasteiger partial charge in [0.05, 0.1) is 18.6 Å². The predicted octanol–water partition coefficient (Wildman–Crippen LogP) is 2.04. The smallest absolute Gasteiger partial charge is 0.337 e. The molecule has 8 nitrogen and oxygen atoms in total. The summed E-state index contributed by atoms with van der Waals surface area (Å²) in [5, 5.41) is 18.2. The summed E-state index contributed by atoms with van der Waals surface area (Å²) in [5.74, 6) is -1.45. The number of amides is 1. The van der Waals surface area contributed by atoms with Gasteiger partial charge in [0.1, 0.15) is 0 Å². The summed E-state index contributed by atoms with van der Waals surface area (Å²) >= 11 is 0. The molecule has 2 aliphatic heterocycles. The monoisotopic (exact) mass is 381 g/mol. The van der Waals surface area contributed by atoms with E-state index in [1.54, 1.807) is 48.5 Å². The first kappa shape index (κ1) is 18.1. The molecule has 0 aliphatic carbocycles. The largest absolute Gasteiger partial charge is 0.465 e. The quantitative estimate of drug-likeness (QED) is 0.478. The van der Waals surface area contributed by atoms with E-state index in [0.29, 0.717) is 22.4 Å². The predicted molar refractivity (Wildman–Crippen MR) is 101 cm³/mol. The third-order valence-electron chi connectivity index (χ3n) is 5.68. The summed E-state index contributed by atoms with van der Waals surface area (Å²) in [6.45, 7) is 1.83. The number of rotatable bonds is 3. The van der Waals surface area contributed by atoms with Gasteiger partial charge in [0.15, 0.2) is 5.54 Å². The van der Waals surface area contributed by atoms with Crippen LogP contribution >= 0.6 is 0 Å². The summed E-state index contributed by atoms with van der Waals surface area (Å²) in [7, 11) is 1.29. The maximum atomic E-state index is 12.9. The highest BCUT2D eigenvalue weighted by Gasteiger charge is 2.67. The van der Waals surface area contributed by atoms with Crippen molar-refractivity contribution >= 4 is 17.6 Å². The van der Waals surface area contributed by atoms with Gasteiger partial charge in [-0.1, -0.05) is 30.3 Å². The number of carbonyl (C=O) groups is 2. The number of para-hydroxylation sites is 1. The van der Waals surface area contributed by atoms with Crippen LogP contribution in [-0.2, 0) is 15.1 Å². The van der Waals surface area contributed by atoms with E-state index in [-0.39, 0.29) is 11.0 Å². The van der Waals surface area contributed by atoms with E-state index in [1.807, 2.05) is 6.92 Å². The molecule has 28 heavy (non-hydrogen) atoms. The lowest BCUT2D eigenvalue weighted by Gasteiger charge is -2.25. The Morgan fingerprint density at radius 1 is 1.18 bits per heavy atom. The highest BCUT2D eigenvalue weighted by atomic mass is 16.6. The highest BCUT2D eigenvalue weighted by molar-refractivity contribution is 6.07. The molecule has 0 saturated carbocycles. The van der Waals surface area contributed by atoms with Crippen molar-refractivity contribution in [2.24, 2.45) is 0 Å². The van der Waals surface area contributed by atoms with Crippen molar-refractivity contribution < 1.29 is 19.2 Å². The zero-order valence-corrected chi connectivity index (χ0v) is 15.3. The van der Waals surface area contributed by atoms with Gasteiger partial charge in [-0.25, -0.2) is 4.79 Å². The molecule has 8 heteroatoms. The lowest BCUT2D eigenvalue weighted by Crippen LogP contribution is -2.54. The number of hydrogen-bond acceptors (Lipinski definition) is 6. The van der Waals surface area contributed by atoms with Gasteiger partial charge in [0.25, 0.3) is 11.9 Å². The van der Waals surface area contributed by atoms with Crippen molar-refractivity contribution in [2.75, 3.05) is 12.4 Å². The molecule has 4 rings (SSSR count). The van der Waals surface area contributed by atoms with Gasteiger partial charge in [-0.2, -0.15) is 0 Å². The van der Waals surface area contributed by atoms with Crippen LogP contribution in [0.15, 0.2) is 48.5 Å². The number of anilines is 1. The second-order valence-corrected chi connectivity index (χ2v) is 7.11. The molecule has 144 valence electrons. The third kappa shape index (κ3) is 2.41. The van der Waals surface area contributed by atoms with Gasteiger partial charge in [-0.15, -0.1) is 0 Å². The Labute approximate surface area is 161 Å². The van der Waals surface area contributed by atoms with E-state index in [0.717, 1.165) is 0 Å². The van der Waals surface area contributed by atoms with Crippen LogP contribution in [0.4, 0.5) is 5.69 Å². The molecule has 1 spiro atoms. The van der Waals surface area contributed by atoms with Crippen molar-refractivity contribution in [3.05, 3.63) is 75.3 Å². The number of nitro groups is 1. The summed E-state index contributed by atoms with van der Waals surface area (Å²) in [5.41, 5.74) is 0.776. The summed E-state index contributed by atoms with van der Waals surface area (Å²) in [6.07, 6.45) is 0. The number of nitrogens with zero attached hydrogens (tertiary/aromatic N) is 1. The van der Waals surface area contributed by atoms with Crippen LogP contribution in [-0.4, -0.2) is 36.0 Å². The molecular formula is C20H19N3O5. The first-order chi connectivity index (χ1) is 13.4. The van der Waals surface area contributed by atoms with Gasteiger partial charge in [0.2, 0.25) is 0 Å². The molecule has 2 heterocycles. The zero-order chi connectivity index (χ0) is 20.1. The minimum atomic E-state index is -1.44.